The van der Waals surface area contributed by atoms with Crippen LogP contribution in [0.4, 0.5) is 0 Å². The number of rotatable bonds is 2. The quantitative estimate of drug-likeness (QED) is 0.354. The molecule has 0 unspecified atom stereocenters. The van der Waals surface area contributed by atoms with Gasteiger partial charge < -0.3 is 5.73 Å². The van der Waals surface area contributed by atoms with Crippen LogP contribution in [0.3, 0.4) is 0 Å². The van der Waals surface area contributed by atoms with Crippen LogP contribution in [-0.4, -0.2) is 12.2 Å². The minimum Gasteiger partial charge on any atom is -0.369 e. The second-order valence-corrected chi connectivity index (χ2v) is 2.69. The summed E-state index contributed by atoms with van der Waals surface area (Å²) in [6.45, 7) is 2.02. The predicted octanol–water partition coefficient (Wildman–Crippen LogP) is 0.812. The number of hydrogen-bond donors (Lipinski definition) is 3. The molecule has 0 fully saturated rings. The minimum absolute atomic E-state index is 0.164. The SMILES string of the molecule is Cc1ccc(C=NNC(=N)N)cc1. The van der Waals surface area contributed by atoms with Gasteiger partial charge in [0.05, 0.1) is 6.21 Å². The molecular formula is C9H12N4. The van der Waals surface area contributed by atoms with Crippen molar-refractivity contribution in [1.82, 2.24) is 5.43 Å². The van der Waals surface area contributed by atoms with Crippen molar-refractivity contribution in [2.75, 3.05) is 0 Å². The van der Waals surface area contributed by atoms with Crippen LogP contribution >= 0.6 is 0 Å². The lowest BCUT2D eigenvalue weighted by molar-refractivity contribution is 1.00. The number of nitrogens with two attached hydrogens (primary N) is 1. The lowest BCUT2D eigenvalue weighted by Gasteiger charge is -1.95. The number of hydrogen-bond acceptors (Lipinski definition) is 2. The third-order valence-electron chi connectivity index (χ3n) is 1.48. The number of nitrogens with one attached hydrogen (secondary N) is 2. The zero-order chi connectivity index (χ0) is 9.68. The van der Waals surface area contributed by atoms with Crippen molar-refractivity contribution >= 4 is 12.2 Å². The van der Waals surface area contributed by atoms with Crippen molar-refractivity contribution in [3.05, 3.63) is 35.4 Å². The minimum atomic E-state index is -0.164. The van der Waals surface area contributed by atoms with E-state index in [0.29, 0.717) is 0 Å². The molecule has 0 radical (unpaired) electrons. The van der Waals surface area contributed by atoms with E-state index in [1.165, 1.54) is 5.56 Å². The Balaban J connectivity index is 2.59. The first-order valence-corrected chi connectivity index (χ1v) is 3.88. The summed E-state index contributed by atoms with van der Waals surface area (Å²) >= 11 is 0. The largest absolute Gasteiger partial charge is 0.369 e. The molecule has 0 saturated heterocycles. The highest BCUT2D eigenvalue weighted by Gasteiger charge is 1.86. The van der Waals surface area contributed by atoms with Crippen molar-refractivity contribution < 1.29 is 0 Å². The van der Waals surface area contributed by atoms with Crippen LogP contribution in [0.5, 0.6) is 0 Å². The third-order valence-corrected chi connectivity index (χ3v) is 1.48. The predicted molar refractivity (Wildman–Crippen MR) is 53.8 cm³/mol. The van der Waals surface area contributed by atoms with E-state index in [1.54, 1.807) is 6.21 Å². The second kappa shape index (κ2) is 4.25. The summed E-state index contributed by atoms with van der Waals surface area (Å²) in [5, 5.41) is 10.6. The van der Waals surface area contributed by atoms with Crippen molar-refractivity contribution in [2.24, 2.45) is 10.8 Å². The van der Waals surface area contributed by atoms with Gasteiger partial charge in [-0.25, -0.2) is 5.43 Å². The number of benzene rings is 1. The number of guanidine groups is 1. The van der Waals surface area contributed by atoms with Crippen LogP contribution < -0.4 is 11.2 Å². The second-order valence-electron chi connectivity index (χ2n) is 2.69. The molecule has 1 aromatic rings. The molecule has 1 rings (SSSR count). The molecule has 4 N–H and O–H groups in total. The van der Waals surface area contributed by atoms with E-state index >= 15 is 0 Å². The van der Waals surface area contributed by atoms with Gasteiger partial charge in [-0.15, -0.1) is 0 Å². The van der Waals surface area contributed by atoms with Gasteiger partial charge in [-0.2, -0.15) is 5.10 Å². The van der Waals surface area contributed by atoms with Crippen molar-refractivity contribution in [1.29, 1.82) is 5.41 Å². The summed E-state index contributed by atoms with van der Waals surface area (Å²) in [5.74, 6) is -0.164. The molecule has 0 aliphatic rings. The summed E-state index contributed by atoms with van der Waals surface area (Å²) in [4.78, 5) is 0. The first kappa shape index (κ1) is 9.25. The topological polar surface area (TPSA) is 74.3 Å². The third kappa shape index (κ3) is 3.37. The average Bonchev–Trinajstić information content (AvgIpc) is 2.08. The van der Waals surface area contributed by atoms with Crippen LogP contribution in [0.15, 0.2) is 29.4 Å². The van der Waals surface area contributed by atoms with Gasteiger partial charge in [0.2, 0.25) is 5.96 Å². The van der Waals surface area contributed by atoms with Gasteiger partial charge in [0.1, 0.15) is 0 Å². The van der Waals surface area contributed by atoms with Gasteiger partial charge in [0.25, 0.3) is 0 Å². The molecule has 0 atom stereocenters. The summed E-state index contributed by atoms with van der Waals surface area (Å²) in [7, 11) is 0. The maximum absolute atomic E-state index is 6.85. The van der Waals surface area contributed by atoms with Gasteiger partial charge >= 0.3 is 0 Å². The Morgan fingerprint density at radius 1 is 1.46 bits per heavy atom. The molecule has 4 nitrogen and oxygen atoms in total. The van der Waals surface area contributed by atoms with E-state index in [9.17, 15) is 0 Å². The molecule has 0 aliphatic carbocycles. The molecule has 0 spiro atoms. The van der Waals surface area contributed by atoms with Crippen molar-refractivity contribution in [3.63, 3.8) is 0 Å². The van der Waals surface area contributed by atoms with Gasteiger partial charge in [-0.3, -0.25) is 5.41 Å². The average molecular weight is 176 g/mol. The fourth-order valence-electron chi connectivity index (χ4n) is 0.829. The molecule has 0 bridgehead atoms. The first-order chi connectivity index (χ1) is 6.18. The molecule has 0 heterocycles. The first-order valence-electron chi connectivity index (χ1n) is 3.88. The molecular weight excluding hydrogens is 164 g/mol. The fraction of sp³-hybridized carbons (Fsp3) is 0.111. The van der Waals surface area contributed by atoms with Crippen LogP contribution in [0.2, 0.25) is 0 Å². The zero-order valence-electron chi connectivity index (χ0n) is 7.41. The lowest BCUT2D eigenvalue weighted by Crippen LogP contribution is -2.25. The van der Waals surface area contributed by atoms with Gasteiger partial charge in [-0.1, -0.05) is 29.8 Å². The standard InChI is InChI=1S/C9H12N4/c1-7-2-4-8(5-3-7)6-12-13-9(10)11/h2-6H,1H3,(H4,10,11,13). The molecule has 0 aliphatic heterocycles. The molecule has 4 heteroatoms. The normalized spacial score (nSPS) is 10.2. The Hall–Kier alpha value is -1.84. The highest BCUT2D eigenvalue weighted by atomic mass is 15.3. The molecule has 0 amide bonds. The maximum Gasteiger partial charge on any atom is 0.206 e. The Morgan fingerprint density at radius 3 is 2.62 bits per heavy atom. The Labute approximate surface area is 77.0 Å². The Morgan fingerprint density at radius 2 is 2.08 bits per heavy atom. The Bertz CT molecular complexity index is 313. The molecule has 13 heavy (non-hydrogen) atoms. The van der Waals surface area contributed by atoms with Gasteiger partial charge in [0.15, 0.2) is 0 Å². The van der Waals surface area contributed by atoms with E-state index in [4.69, 9.17) is 11.1 Å². The highest BCUT2D eigenvalue weighted by Crippen LogP contribution is 1.99. The summed E-state index contributed by atoms with van der Waals surface area (Å²) in [6, 6.07) is 7.88. The van der Waals surface area contributed by atoms with Crippen LogP contribution in [-0.2, 0) is 0 Å². The summed E-state index contributed by atoms with van der Waals surface area (Å²) in [5.41, 5.74) is 9.56. The summed E-state index contributed by atoms with van der Waals surface area (Å²) in [6.07, 6.45) is 1.61. The Kier molecular flexibility index (Phi) is 3.03. The fourth-order valence-corrected chi connectivity index (χ4v) is 0.829. The molecule has 68 valence electrons. The maximum atomic E-state index is 6.85. The molecule has 1 aromatic carbocycles. The van der Waals surface area contributed by atoms with E-state index < -0.39 is 0 Å². The highest BCUT2D eigenvalue weighted by molar-refractivity contribution is 5.81. The molecule has 0 saturated carbocycles. The van der Waals surface area contributed by atoms with Crippen LogP contribution in [0.25, 0.3) is 0 Å². The summed E-state index contributed by atoms with van der Waals surface area (Å²) < 4.78 is 0. The van der Waals surface area contributed by atoms with E-state index in [-0.39, 0.29) is 5.96 Å². The molecule has 0 aromatic heterocycles. The number of nitrogens with zero attached hydrogens (tertiary/aromatic N) is 1. The van der Waals surface area contributed by atoms with Gasteiger partial charge in [-0.05, 0) is 12.5 Å². The number of aryl methyl sites for hydroxylation is 1. The van der Waals surface area contributed by atoms with Crippen LogP contribution in [0.1, 0.15) is 11.1 Å². The van der Waals surface area contributed by atoms with E-state index in [1.807, 2.05) is 31.2 Å². The zero-order valence-corrected chi connectivity index (χ0v) is 7.41. The van der Waals surface area contributed by atoms with Crippen molar-refractivity contribution in [2.45, 2.75) is 6.92 Å². The lowest BCUT2D eigenvalue weighted by atomic mass is 10.2. The monoisotopic (exact) mass is 176 g/mol. The van der Waals surface area contributed by atoms with E-state index in [0.717, 1.165) is 5.56 Å². The van der Waals surface area contributed by atoms with E-state index in [2.05, 4.69) is 10.5 Å². The van der Waals surface area contributed by atoms with Gasteiger partial charge in [0, 0.05) is 0 Å². The smallest absolute Gasteiger partial charge is 0.206 e. The number of hydrazone groups is 1. The van der Waals surface area contributed by atoms with Crippen LogP contribution in [0, 0.1) is 12.3 Å². The van der Waals surface area contributed by atoms with Crippen molar-refractivity contribution in [3.8, 4) is 0 Å².